The zero-order valence-corrected chi connectivity index (χ0v) is 36.1. The molecule has 3 aliphatic rings. The average molecular weight is 814 g/mol. The number of rotatable bonds is 15. The Morgan fingerprint density at radius 3 is 1.49 bits per heavy atom. The Hall–Kier alpha value is -3.17. The maximum absolute atomic E-state index is 11.6. The Labute approximate surface area is 339 Å². The standard InChI is InChI=1S/C12H20N2O3.C12H19NO3.C11H20O4.C6H12O3/c1-12(2,9-7-10(13)17-14-9)8-16-11-5-3-4-6-15-11;1-12(2,10(14)6-7-13)9-16-11-5-3-4-8-15-11;1-11(2,10(12)13-3)8-15-9-6-4-5-7-14-9;1-6(2,4-7)5(8)9-3/h7,11H,3-6,8,13H2,1-2H3;11H,3-6,8-9H2,1-2H3;9H,4-8H2,1-3H3;7H,4H2,1-3H3. The Bertz CT molecular complexity index is 1340. The number of carbonyl (C=O) groups is 3. The van der Waals surface area contributed by atoms with Crippen molar-refractivity contribution >= 4 is 23.6 Å². The molecule has 0 radical (unpaired) electrons. The number of hydrogen-bond acceptors (Lipinski definition) is 16. The van der Waals surface area contributed by atoms with E-state index in [4.69, 9.17) is 53.8 Å². The topological polar surface area (TPSA) is 221 Å². The molecule has 1 aromatic rings. The van der Waals surface area contributed by atoms with Crippen molar-refractivity contribution in [2.24, 2.45) is 16.2 Å². The van der Waals surface area contributed by atoms with Crippen molar-refractivity contribution in [1.29, 1.82) is 5.26 Å². The van der Waals surface area contributed by atoms with Gasteiger partial charge in [0, 0.05) is 36.7 Å². The fourth-order valence-corrected chi connectivity index (χ4v) is 5.18. The van der Waals surface area contributed by atoms with Crippen molar-refractivity contribution in [3.63, 3.8) is 0 Å². The number of nitrogen functional groups attached to an aromatic ring is 1. The van der Waals surface area contributed by atoms with Gasteiger partial charge in [0.2, 0.25) is 5.88 Å². The number of nitrogens with two attached hydrogens (primary N) is 1. The first-order valence-corrected chi connectivity index (χ1v) is 19.8. The number of aliphatic hydroxyl groups is 1. The highest BCUT2D eigenvalue weighted by atomic mass is 16.7. The van der Waals surface area contributed by atoms with Crippen LogP contribution in [0.3, 0.4) is 0 Å². The van der Waals surface area contributed by atoms with Gasteiger partial charge in [0.05, 0.1) is 69.7 Å². The van der Waals surface area contributed by atoms with Gasteiger partial charge in [-0.3, -0.25) is 14.4 Å². The summed E-state index contributed by atoms with van der Waals surface area (Å²) in [5, 5.41) is 21.0. The summed E-state index contributed by atoms with van der Waals surface area (Å²) in [6.07, 6.45) is 9.03. The molecule has 3 atom stereocenters. The van der Waals surface area contributed by atoms with E-state index in [2.05, 4.69) is 9.89 Å². The van der Waals surface area contributed by atoms with E-state index >= 15 is 0 Å². The predicted octanol–water partition coefficient (Wildman–Crippen LogP) is 6.02. The number of anilines is 1. The SMILES string of the molecule is CC(C)(COC1CCCCO1)C(=O)CC#N.CC(C)(COC1CCCCO1)c1cc(N)on1.COC(=O)C(C)(C)CO.COC(=O)C(C)(C)COC1CCCCO1. The molecule has 328 valence electrons. The fourth-order valence-electron chi connectivity index (χ4n) is 5.18. The molecular weight excluding hydrogens is 742 g/mol. The summed E-state index contributed by atoms with van der Waals surface area (Å²) in [6, 6.07) is 3.62. The molecule has 16 nitrogen and oxygen atoms in total. The van der Waals surface area contributed by atoms with Crippen LogP contribution in [0.1, 0.15) is 125 Å². The highest BCUT2D eigenvalue weighted by Gasteiger charge is 2.32. The number of carbonyl (C=O) groups excluding carboxylic acids is 3. The number of ether oxygens (including phenoxy) is 8. The van der Waals surface area contributed by atoms with E-state index in [0.29, 0.717) is 25.7 Å². The van der Waals surface area contributed by atoms with Gasteiger partial charge in [-0.15, -0.1) is 0 Å². The van der Waals surface area contributed by atoms with Crippen molar-refractivity contribution in [3.05, 3.63) is 11.8 Å². The largest absolute Gasteiger partial charge is 0.469 e. The molecule has 3 aliphatic heterocycles. The molecule has 0 saturated carbocycles. The van der Waals surface area contributed by atoms with Crippen LogP contribution in [0.4, 0.5) is 5.88 Å². The van der Waals surface area contributed by atoms with Crippen LogP contribution in [0.5, 0.6) is 0 Å². The number of methoxy groups -OCH3 is 2. The Balaban J connectivity index is 0.000000389. The summed E-state index contributed by atoms with van der Waals surface area (Å²) in [5.41, 5.74) is 4.15. The molecule has 4 heterocycles. The highest BCUT2D eigenvalue weighted by molar-refractivity contribution is 5.85. The first-order valence-electron chi connectivity index (χ1n) is 19.8. The third-order valence-electron chi connectivity index (χ3n) is 9.39. The lowest BCUT2D eigenvalue weighted by Crippen LogP contribution is -2.34. The lowest BCUT2D eigenvalue weighted by Gasteiger charge is -2.28. The molecule has 0 aromatic carbocycles. The van der Waals surface area contributed by atoms with Gasteiger partial charge in [0.25, 0.3) is 0 Å². The molecule has 16 heteroatoms. The number of Topliss-reactive ketones (excluding diaryl/α,β-unsaturated/α-hetero) is 1. The van der Waals surface area contributed by atoms with Gasteiger partial charge in [-0.1, -0.05) is 32.9 Å². The van der Waals surface area contributed by atoms with Gasteiger partial charge >= 0.3 is 11.9 Å². The summed E-state index contributed by atoms with van der Waals surface area (Å²) in [5.74, 6) is -0.379. The van der Waals surface area contributed by atoms with Crippen molar-refractivity contribution in [2.75, 3.05) is 66.2 Å². The maximum atomic E-state index is 11.6. The number of esters is 2. The van der Waals surface area contributed by atoms with Crippen LogP contribution in [-0.4, -0.2) is 107 Å². The van der Waals surface area contributed by atoms with Crippen LogP contribution >= 0.6 is 0 Å². The summed E-state index contributed by atoms with van der Waals surface area (Å²) in [4.78, 5) is 33.6. The molecule has 57 heavy (non-hydrogen) atoms. The van der Waals surface area contributed by atoms with Crippen LogP contribution in [0.15, 0.2) is 10.6 Å². The van der Waals surface area contributed by atoms with E-state index in [1.54, 1.807) is 33.8 Å². The van der Waals surface area contributed by atoms with E-state index < -0.39 is 16.2 Å². The molecule has 0 bridgehead atoms. The van der Waals surface area contributed by atoms with Gasteiger partial charge in [0.15, 0.2) is 24.7 Å². The van der Waals surface area contributed by atoms with Crippen LogP contribution in [-0.2, 0) is 57.7 Å². The molecule has 0 aliphatic carbocycles. The summed E-state index contributed by atoms with van der Waals surface area (Å²) < 4.78 is 47.2. The Morgan fingerprint density at radius 2 is 1.16 bits per heavy atom. The van der Waals surface area contributed by atoms with Crippen LogP contribution in [0.25, 0.3) is 0 Å². The minimum Gasteiger partial charge on any atom is -0.469 e. The van der Waals surface area contributed by atoms with E-state index in [0.717, 1.165) is 76.9 Å². The van der Waals surface area contributed by atoms with E-state index in [1.807, 2.05) is 33.8 Å². The monoisotopic (exact) mass is 813 g/mol. The first-order chi connectivity index (χ1) is 26.7. The van der Waals surface area contributed by atoms with Gasteiger partial charge in [-0.2, -0.15) is 5.26 Å². The number of aliphatic hydroxyl groups excluding tert-OH is 1. The highest BCUT2D eigenvalue weighted by Crippen LogP contribution is 2.26. The quantitative estimate of drug-likeness (QED) is 0.193. The van der Waals surface area contributed by atoms with E-state index in [9.17, 15) is 14.4 Å². The lowest BCUT2D eigenvalue weighted by molar-refractivity contribution is -0.186. The number of aromatic nitrogens is 1. The molecule has 0 spiro atoms. The van der Waals surface area contributed by atoms with E-state index in [-0.39, 0.29) is 55.0 Å². The second-order valence-corrected chi connectivity index (χ2v) is 16.9. The minimum atomic E-state index is -0.755. The summed E-state index contributed by atoms with van der Waals surface area (Å²) in [6.45, 7) is 17.9. The molecule has 4 rings (SSSR count). The van der Waals surface area contributed by atoms with Crippen molar-refractivity contribution < 1.29 is 61.9 Å². The van der Waals surface area contributed by atoms with Gasteiger partial charge in [0.1, 0.15) is 0 Å². The van der Waals surface area contributed by atoms with Gasteiger partial charge in [-0.25, -0.2) is 0 Å². The predicted molar refractivity (Wildman–Crippen MR) is 210 cm³/mol. The Morgan fingerprint density at radius 1 is 0.737 bits per heavy atom. The van der Waals surface area contributed by atoms with Crippen LogP contribution < -0.4 is 5.73 Å². The maximum Gasteiger partial charge on any atom is 0.313 e. The first kappa shape index (κ1) is 51.8. The van der Waals surface area contributed by atoms with Crippen molar-refractivity contribution in [2.45, 2.75) is 144 Å². The molecule has 3 fully saturated rings. The third kappa shape index (κ3) is 20.4. The molecule has 0 amide bonds. The van der Waals surface area contributed by atoms with Gasteiger partial charge < -0.3 is 53.3 Å². The summed E-state index contributed by atoms with van der Waals surface area (Å²) >= 11 is 0. The van der Waals surface area contributed by atoms with Crippen LogP contribution in [0, 0.1) is 27.6 Å². The van der Waals surface area contributed by atoms with E-state index in [1.165, 1.54) is 20.6 Å². The zero-order valence-electron chi connectivity index (χ0n) is 36.1. The summed E-state index contributed by atoms with van der Waals surface area (Å²) in [7, 11) is 2.70. The number of nitriles is 1. The number of hydrogen-bond donors (Lipinski definition) is 2. The van der Waals surface area contributed by atoms with Crippen molar-refractivity contribution in [3.8, 4) is 6.07 Å². The molecular formula is C41H71N3O13. The number of nitrogens with zero attached hydrogens (tertiary/aromatic N) is 2. The third-order valence-corrected chi connectivity index (χ3v) is 9.39. The van der Waals surface area contributed by atoms with Gasteiger partial charge in [-0.05, 0) is 85.5 Å². The van der Waals surface area contributed by atoms with Crippen molar-refractivity contribution in [1.82, 2.24) is 5.16 Å². The normalized spacial score (nSPS) is 20.1. The Kier molecular flexibility index (Phi) is 23.7. The average Bonchev–Trinajstić information content (AvgIpc) is 3.67. The smallest absolute Gasteiger partial charge is 0.313 e. The molecule has 1 aromatic heterocycles. The number of ketones is 1. The molecule has 3 saturated heterocycles. The molecule has 3 unspecified atom stereocenters. The molecule has 3 N–H and O–H groups in total. The minimum absolute atomic E-state index is 0.0537. The fraction of sp³-hybridized carbons (Fsp3) is 0.829. The lowest BCUT2D eigenvalue weighted by atomic mass is 9.87. The van der Waals surface area contributed by atoms with Crippen LogP contribution in [0.2, 0.25) is 0 Å². The second-order valence-electron chi connectivity index (χ2n) is 16.9. The second kappa shape index (κ2) is 26.0. The zero-order chi connectivity index (χ0) is 43.1.